The monoisotopic (exact) mass is 392 g/mol. The van der Waals surface area contributed by atoms with Crippen LogP contribution in [0.2, 0.25) is 0 Å². The van der Waals surface area contributed by atoms with Gasteiger partial charge < -0.3 is 14.9 Å². The molecule has 0 aromatic heterocycles. The van der Waals surface area contributed by atoms with Crippen molar-refractivity contribution in [2.45, 2.75) is 76.4 Å². The Bertz CT molecular complexity index is 565. The molecule has 0 spiro atoms. The summed E-state index contributed by atoms with van der Waals surface area (Å²) in [5, 5.41) is 20.8. The molecule has 2 N–H and O–H groups in total. The van der Waals surface area contributed by atoms with E-state index >= 15 is 0 Å². The molecule has 1 saturated carbocycles. The number of hydrogen-bond acceptors (Lipinski definition) is 5. The normalized spacial score (nSPS) is 24.7. The fraction of sp³-hybridized carbons (Fsp3) is 0.652. The second kappa shape index (κ2) is 12.7. The van der Waals surface area contributed by atoms with Crippen LogP contribution in [0.4, 0.5) is 0 Å². The van der Waals surface area contributed by atoms with Gasteiger partial charge in [-0.1, -0.05) is 50.1 Å². The van der Waals surface area contributed by atoms with Gasteiger partial charge in [0.05, 0.1) is 18.8 Å². The van der Waals surface area contributed by atoms with Crippen molar-refractivity contribution in [2.75, 3.05) is 7.11 Å². The van der Waals surface area contributed by atoms with E-state index in [4.69, 9.17) is 0 Å². The van der Waals surface area contributed by atoms with Crippen LogP contribution >= 0.6 is 0 Å². The Morgan fingerprint density at radius 3 is 2.71 bits per heavy atom. The summed E-state index contributed by atoms with van der Waals surface area (Å²) in [6.07, 6.45) is 14.2. The molecule has 0 radical (unpaired) electrons. The third-order valence-corrected chi connectivity index (χ3v) is 5.44. The molecule has 5 heteroatoms. The van der Waals surface area contributed by atoms with E-state index in [2.05, 4.69) is 18.2 Å². The molecule has 1 aliphatic rings. The molecule has 1 fully saturated rings. The molecular weight excluding hydrogens is 356 g/mol. The van der Waals surface area contributed by atoms with Crippen molar-refractivity contribution in [1.29, 1.82) is 0 Å². The van der Waals surface area contributed by atoms with Crippen molar-refractivity contribution in [1.82, 2.24) is 0 Å². The molecule has 1 aliphatic carbocycles. The largest absolute Gasteiger partial charge is 0.469 e. The van der Waals surface area contributed by atoms with Crippen molar-refractivity contribution in [3.63, 3.8) is 0 Å². The number of rotatable bonds is 13. The number of carbonyl (C=O) groups excluding carboxylic acids is 2. The SMILES string of the molecule is C=C[C@](O)(CC=C[C@H]1[C@H](O)CC(=O)[C@@H]1CC=CCCCC(=O)OC)CCCC. The summed E-state index contributed by atoms with van der Waals surface area (Å²) < 4.78 is 4.60. The van der Waals surface area contributed by atoms with Gasteiger partial charge in [-0.05, 0) is 32.1 Å². The third kappa shape index (κ3) is 8.11. The lowest BCUT2D eigenvalue weighted by molar-refractivity contribution is -0.140. The zero-order valence-corrected chi connectivity index (χ0v) is 17.3. The summed E-state index contributed by atoms with van der Waals surface area (Å²) >= 11 is 0. The zero-order valence-electron chi connectivity index (χ0n) is 17.3. The number of aliphatic hydroxyl groups excluding tert-OH is 1. The lowest BCUT2D eigenvalue weighted by Crippen LogP contribution is -2.25. The van der Waals surface area contributed by atoms with Crippen molar-refractivity contribution in [2.24, 2.45) is 11.8 Å². The highest BCUT2D eigenvalue weighted by Crippen LogP contribution is 2.34. The molecule has 0 aromatic rings. The number of aliphatic hydroxyl groups is 2. The van der Waals surface area contributed by atoms with Gasteiger partial charge >= 0.3 is 5.97 Å². The highest BCUT2D eigenvalue weighted by molar-refractivity contribution is 5.84. The minimum absolute atomic E-state index is 0.0753. The van der Waals surface area contributed by atoms with Crippen LogP contribution in [0, 0.1) is 11.8 Å². The fourth-order valence-corrected chi connectivity index (χ4v) is 3.55. The van der Waals surface area contributed by atoms with Crippen LogP contribution in [0.3, 0.4) is 0 Å². The predicted molar refractivity (Wildman–Crippen MR) is 111 cm³/mol. The third-order valence-electron chi connectivity index (χ3n) is 5.44. The molecule has 158 valence electrons. The van der Waals surface area contributed by atoms with Gasteiger partial charge in [-0.25, -0.2) is 0 Å². The van der Waals surface area contributed by atoms with Gasteiger partial charge in [0.2, 0.25) is 0 Å². The second-order valence-electron chi connectivity index (χ2n) is 7.64. The van der Waals surface area contributed by atoms with E-state index in [1.807, 2.05) is 24.3 Å². The van der Waals surface area contributed by atoms with Crippen LogP contribution in [0.1, 0.15) is 64.7 Å². The molecule has 0 bridgehead atoms. The maximum Gasteiger partial charge on any atom is 0.305 e. The van der Waals surface area contributed by atoms with E-state index in [-0.39, 0.29) is 30.0 Å². The molecule has 4 atom stereocenters. The number of hydrogen-bond donors (Lipinski definition) is 2. The fourth-order valence-electron chi connectivity index (χ4n) is 3.55. The van der Waals surface area contributed by atoms with E-state index < -0.39 is 11.7 Å². The van der Waals surface area contributed by atoms with Gasteiger partial charge in [0, 0.05) is 24.7 Å². The second-order valence-corrected chi connectivity index (χ2v) is 7.64. The Balaban J connectivity index is 2.57. The molecule has 0 aliphatic heterocycles. The lowest BCUT2D eigenvalue weighted by atomic mass is 9.88. The Morgan fingerprint density at radius 2 is 2.07 bits per heavy atom. The first-order valence-electron chi connectivity index (χ1n) is 10.3. The van der Waals surface area contributed by atoms with Crippen LogP contribution < -0.4 is 0 Å². The number of Topliss-reactive ketones (excluding diaryl/α,β-unsaturated/α-hetero) is 1. The van der Waals surface area contributed by atoms with Gasteiger partial charge in [0.15, 0.2) is 0 Å². The van der Waals surface area contributed by atoms with Gasteiger partial charge in [-0.3, -0.25) is 9.59 Å². The molecule has 5 nitrogen and oxygen atoms in total. The van der Waals surface area contributed by atoms with Gasteiger partial charge in [-0.15, -0.1) is 6.58 Å². The van der Waals surface area contributed by atoms with E-state index in [1.54, 1.807) is 6.08 Å². The first kappa shape index (κ1) is 24.3. The smallest absolute Gasteiger partial charge is 0.305 e. The number of ether oxygens (including phenoxy) is 1. The quantitative estimate of drug-likeness (QED) is 0.282. The molecule has 0 heterocycles. The average Bonchev–Trinajstić information content (AvgIpc) is 2.95. The highest BCUT2D eigenvalue weighted by atomic mass is 16.5. The summed E-state index contributed by atoms with van der Waals surface area (Å²) in [5.41, 5.74) is -0.935. The molecule has 1 rings (SSSR count). The summed E-state index contributed by atoms with van der Waals surface area (Å²) in [7, 11) is 1.38. The van der Waals surface area contributed by atoms with Crippen molar-refractivity contribution in [3.8, 4) is 0 Å². The summed E-state index contributed by atoms with van der Waals surface area (Å²) in [6, 6.07) is 0. The zero-order chi connectivity index (χ0) is 21.0. The predicted octanol–water partition coefficient (Wildman–Crippen LogP) is 3.90. The molecular formula is C23H36O5. The standard InChI is InChI=1S/C23H36O5/c1-4-6-15-23(27,5-2)16-11-13-19-18(20(24)17-21(19)25)12-9-7-8-10-14-22(26)28-3/h5,7,9,11,13,18-19,21,25,27H,2,4,6,8,10,12,14-17H2,1,3H3/t18-,19-,21-,23-/m1/s1. The Morgan fingerprint density at radius 1 is 1.32 bits per heavy atom. The van der Waals surface area contributed by atoms with Crippen molar-refractivity contribution in [3.05, 3.63) is 37.0 Å². The number of ketones is 1. The van der Waals surface area contributed by atoms with Crippen LogP contribution in [0.15, 0.2) is 37.0 Å². The molecule has 0 unspecified atom stereocenters. The first-order chi connectivity index (χ1) is 13.4. The minimum atomic E-state index is -0.935. The van der Waals surface area contributed by atoms with Crippen LogP contribution in [-0.2, 0) is 14.3 Å². The maximum absolute atomic E-state index is 12.2. The minimum Gasteiger partial charge on any atom is -0.469 e. The van der Waals surface area contributed by atoms with Crippen LogP contribution in [0.5, 0.6) is 0 Å². The highest BCUT2D eigenvalue weighted by Gasteiger charge is 2.39. The first-order valence-corrected chi connectivity index (χ1v) is 10.3. The number of carbonyl (C=O) groups is 2. The average molecular weight is 393 g/mol. The van der Waals surface area contributed by atoms with E-state index in [0.717, 1.165) is 19.3 Å². The summed E-state index contributed by atoms with van der Waals surface area (Å²) in [5.74, 6) is -0.611. The number of allylic oxidation sites excluding steroid dienone is 2. The van der Waals surface area contributed by atoms with Crippen LogP contribution in [0.25, 0.3) is 0 Å². The summed E-state index contributed by atoms with van der Waals surface area (Å²) in [4.78, 5) is 23.3. The van der Waals surface area contributed by atoms with E-state index in [1.165, 1.54) is 7.11 Å². The molecule has 28 heavy (non-hydrogen) atoms. The molecule has 0 aromatic carbocycles. The maximum atomic E-state index is 12.2. The topological polar surface area (TPSA) is 83.8 Å². The lowest BCUT2D eigenvalue weighted by Gasteiger charge is -2.23. The van der Waals surface area contributed by atoms with Gasteiger partial charge in [0.1, 0.15) is 5.78 Å². The van der Waals surface area contributed by atoms with Gasteiger partial charge in [-0.2, -0.15) is 0 Å². The van der Waals surface area contributed by atoms with Crippen LogP contribution in [-0.4, -0.2) is 40.8 Å². The van der Waals surface area contributed by atoms with E-state index in [0.29, 0.717) is 32.1 Å². The Labute approximate surface area is 169 Å². The number of unbranched alkanes of at least 4 members (excludes halogenated alkanes) is 2. The van der Waals surface area contributed by atoms with E-state index in [9.17, 15) is 19.8 Å². The summed E-state index contributed by atoms with van der Waals surface area (Å²) in [6.45, 7) is 5.81. The Kier molecular flexibility index (Phi) is 11.0. The number of esters is 1. The van der Waals surface area contributed by atoms with Crippen molar-refractivity contribution < 1.29 is 24.5 Å². The number of methoxy groups -OCH3 is 1. The molecule has 0 saturated heterocycles. The molecule has 0 amide bonds. The van der Waals surface area contributed by atoms with Crippen molar-refractivity contribution >= 4 is 11.8 Å². The van der Waals surface area contributed by atoms with Gasteiger partial charge in [0.25, 0.3) is 0 Å². The Hall–Kier alpha value is -1.72.